The Morgan fingerprint density at radius 2 is 2.20 bits per heavy atom. The van der Waals surface area contributed by atoms with Crippen LogP contribution >= 0.6 is 0 Å². The smallest absolute Gasteiger partial charge is 0.284 e. The van der Waals surface area contributed by atoms with Crippen molar-refractivity contribution in [1.29, 1.82) is 0 Å². The number of rotatable bonds is 3. The van der Waals surface area contributed by atoms with E-state index in [0.29, 0.717) is 17.7 Å². The van der Waals surface area contributed by atoms with Crippen LogP contribution in [0.15, 0.2) is 28.7 Å². The van der Waals surface area contributed by atoms with Crippen molar-refractivity contribution in [2.45, 2.75) is 0 Å². The van der Waals surface area contributed by atoms with Crippen molar-refractivity contribution in [2.75, 3.05) is 5.32 Å². The number of fused-ring (bicyclic) bond motifs is 1. The van der Waals surface area contributed by atoms with E-state index in [1.807, 2.05) is 0 Å². The molecule has 1 aromatic heterocycles. The Morgan fingerprint density at radius 3 is 2.87 bits per heavy atom. The van der Waals surface area contributed by atoms with Crippen LogP contribution in [0, 0.1) is 0 Å². The number of hydrogen-bond donors (Lipinski definition) is 2. The van der Waals surface area contributed by atoms with Crippen LogP contribution in [-0.2, 0) is 4.79 Å². The molecule has 2 amide bonds. The Labute approximate surface area is 84.9 Å². The van der Waals surface area contributed by atoms with Gasteiger partial charge in [-0.2, -0.15) is 0 Å². The number of nitrogens with one attached hydrogen (secondary N) is 1. The van der Waals surface area contributed by atoms with Gasteiger partial charge in [-0.25, -0.2) is 0 Å². The van der Waals surface area contributed by atoms with Gasteiger partial charge in [0.05, 0.1) is 0 Å². The van der Waals surface area contributed by atoms with Crippen molar-refractivity contribution in [3.8, 4) is 0 Å². The quantitative estimate of drug-likeness (QED) is 0.734. The topological polar surface area (TPSA) is 85.3 Å². The second-order valence-electron chi connectivity index (χ2n) is 2.99. The molecule has 3 N–H and O–H groups in total. The highest BCUT2D eigenvalue weighted by atomic mass is 16.3. The molecule has 0 unspecified atom stereocenters. The molecule has 0 saturated carbocycles. The lowest BCUT2D eigenvalue weighted by Crippen LogP contribution is -2.08. The van der Waals surface area contributed by atoms with Gasteiger partial charge in [-0.05, 0) is 24.3 Å². The summed E-state index contributed by atoms with van der Waals surface area (Å²) in [5, 5.41) is 3.22. The van der Waals surface area contributed by atoms with Crippen LogP contribution in [0.1, 0.15) is 10.6 Å². The lowest BCUT2D eigenvalue weighted by atomic mass is 10.2. The fourth-order valence-corrected chi connectivity index (χ4v) is 1.32. The summed E-state index contributed by atoms with van der Waals surface area (Å²) in [5.41, 5.74) is 6.26. The molecule has 0 saturated heterocycles. The summed E-state index contributed by atoms with van der Waals surface area (Å²) in [6, 6.07) is 6.56. The van der Waals surface area contributed by atoms with Crippen LogP contribution in [-0.4, -0.2) is 12.3 Å². The van der Waals surface area contributed by atoms with Crippen LogP contribution in [0.25, 0.3) is 11.0 Å². The molecule has 1 heterocycles. The standard InChI is InChI=1S/C10H8N2O3/c11-10(14)9-4-6-3-7(12-5-13)1-2-8(6)15-9/h1-5H,(H2,11,14)(H,12,13). The molecular weight excluding hydrogens is 196 g/mol. The van der Waals surface area contributed by atoms with Gasteiger partial charge in [-0.3, -0.25) is 9.59 Å². The zero-order valence-electron chi connectivity index (χ0n) is 7.69. The third-order valence-corrected chi connectivity index (χ3v) is 1.98. The largest absolute Gasteiger partial charge is 0.451 e. The zero-order chi connectivity index (χ0) is 10.8. The number of hydrogen-bond acceptors (Lipinski definition) is 3. The molecule has 0 fully saturated rings. The Kier molecular flexibility index (Phi) is 2.13. The van der Waals surface area contributed by atoms with Crippen LogP contribution in [0.2, 0.25) is 0 Å². The van der Waals surface area contributed by atoms with E-state index in [0.717, 1.165) is 5.39 Å². The van der Waals surface area contributed by atoms with E-state index in [-0.39, 0.29) is 5.76 Å². The number of primary amides is 1. The van der Waals surface area contributed by atoms with Gasteiger partial charge in [-0.15, -0.1) is 0 Å². The fourth-order valence-electron chi connectivity index (χ4n) is 1.32. The van der Waals surface area contributed by atoms with Gasteiger partial charge in [-0.1, -0.05) is 0 Å². The molecule has 2 rings (SSSR count). The molecule has 1 aromatic carbocycles. The summed E-state index contributed by atoms with van der Waals surface area (Å²) < 4.78 is 5.17. The summed E-state index contributed by atoms with van der Waals surface area (Å²) in [5.74, 6) is -0.510. The molecule has 5 nitrogen and oxygen atoms in total. The van der Waals surface area contributed by atoms with Crippen LogP contribution in [0.3, 0.4) is 0 Å². The van der Waals surface area contributed by atoms with Gasteiger partial charge in [0.15, 0.2) is 5.76 Å². The van der Waals surface area contributed by atoms with Crippen molar-refractivity contribution in [3.63, 3.8) is 0 Å². The van der Waals surface area contributed by atoms with Crippen LogP contribution in [0.4, 0.5) is 5.69 Å². The molecule has 15 heavy (non-hydrogen) atoms. The average Bonchev–Trinajstić information content (AvgIpc) is 2.61. The predicted molar refractivity (Wildman–Crippen MR) is 54.4 cm³/mol. The average molecular weight is 204 g/mol. The minimum absolute atomic E-state index is 0.105. The van der Waals surface area contributed by atoms with Gasteiger partial charge in [0, 0.05) is 11.1 Å². The molecule has 0 aliphatic rings. The molecule has 76 valence electrons. The molecule has 0 aliphatic heterocycles. The van der Waals surface area contributed by atoms with Gasteiger partial charge in [0.1, 0.15) is 5.58 Å². The van der Waals surface area contributed by atoms with Crippen molar-refractivity contribution >= 4 is 29.0 Å². The SMILES string of the molecule is NC(=O)c1cc2cc(NC=O)ccc2o1. The maximum Gasteiger partial charge on any atom is 0.284 e. The normalized spacial score (nSPS) is 10.1. The molecular formula is C10H8N2O3. The number of amides is 2. The van der Waals surface area contributed by atoms with Crippen molar-refractivity contribution < 1.29 is 14.0 Å². The van der Waals surface area contributed by atoms with Gasteiger partial charge < -0.3 is 15.5 Å². The predicted octanol–water partition coefficient (Wildman–Crippen LogP) is 1.10. The highest BCUT2D eigenvalue weighted by Gasteiger charge is 2.08. The summed E-state index contributed by atoms with van der Waals surface area (Å²) in [6.45, 7) is 0. The Hall–Kier alpha value is -2.30. The molecule has 2 aromatic rings. The van der Waals surface area contributed by atoms with E-state index in [1.165, 1.54) is 6.07 Å². The number of furan rings is 1. The first-order valence-electron chi connectivity index (χ1n) is 4.24. The molecule has 0 aliphatic carbocycles. The second kappa shape index (κ2) is 3.45. The van der Waals surface area contributed by atoms with E-state index >= 15 is 0 Å². The highest BCUT2D eigenvalue weighted by molar-refractivity contribution is 5.96. The summed E-state index contributed by atoms with van der Waals surface area (Å²) in [7, 11) is 0. The monoisotopic (exact) mass is 204 g/mol. The van der Waals surface area contributed by atoms with Crippen molar-refractivity contribution in [3.05, 3.63) is 30.0 Å². The summed E-state index contributed by atoms with van der Waals surface area (Å²) >= 11 is 0. The molecule has 0 radical (unpaired) electrons. The van der Waals surface area contributed by atoms with E-state index in [4.69, 9.17) is 10.2 Å². The minimum Gasteiger partial charge on any atom is -0.451 e. The zero-order valence-corrected chi connectivity index (χ0v) is 7.69. The van der Waals surface area contributed by atoms with Gasteiger partial charge in [0.2, 0.25) is 6.41 Å². The van der Waals surface area contributed by atoms with E-state index in [2.05, 4.69) is 5.32 Å². The van der Waals surface area contributed by atoms with Crippen LogP contribution < -0.4 is 11.1 Å². The number of carbonyl (C=O) groups is 2. The molecule has 0 atom stereocenters. The number of benzene rings is 1. The summed E-state index contributed by atoms with van der Waals surface area (Å²) in [6.07, 6.45) is 0.580. The number of nitrogens with two attached hydrogens (primary N) is 1. The van der Waals surface area contributed by atoms with Crippen molar-refractivity contribution in [1.82, 2.24) is 0 Å². The van der Waals surface area contributed by atoms with E-state index in [9.17, 15) is 9.59 Å². The number of anilines is 1. The third kappa shape index (κ3) is 1.67. The lowest BCUT2D eigenvalue weighted by Gasteiger charge is -1.96. The van der Waals surface area contributed by atoms with E-state index < -0.39 is 5.91 Å². The van der Waals surface area contributed by atoms with Gasteiger partial charge >= 0.3 is 0 Å². The first-order valence-corrected chi connectivity index (χ1v) is 4.24. The minimum atomic E-state index is -0.615. The highest BCUT2D eigenvalue weighted by Crippen LogP contribution is 2.22. The first-order chi connectivity index (χ1) is 7.20. The molecule has 0 bridgehead atoms. The maximum atomic E-state index is 10.8. The number of carbonyl (C=O) groups excluding carboxylic acids is 2. The molecule has 0 spiro atoms. The summed E-state index contributed by atoms with van der Waals surface area (Å²) in [4.78, 5) is 21.1. The first kappa shape index (κ1) is 9.26. The van der Waals surface area contributed by atoms with Crippen LogP contribution in [0.5, 0.6) is 0 Å². The lowest BCUT2D eigenvalue weighted by molar-refractivity contribution is -0.105. The van der Waals surface area contributed by atoms with E-state index in [1.54, 1.807) is 18.2 Å². The second-order valence-corrected chi connectivity index (χ2v) is 2.99. The third-order valence-electron chi connectivity index (χ3n) is 1.98. The molecule has 5 heteroatoms. The Balaban J connectivity index is 2.51. The Morgan fingerprint density at radius 1 is 1.40 bits per heavy atom. The van der Waals surface area contributed by atoms with Crippen molar-refractivity contribution in [2.24, 2.45) is 5.73 Å². The Bertz CT molecular complexity index is 530. The van der Waals surface area contributed by atoms with Gasteiger partial charge in [0.25, 0.3) is 5.91 Å². The fraction of sp³-hybridized carbons (Fsp3) is 0. The maximum absolute atomic E-state index is 10.8.